The summed E-state index contributed by atoms with van der Waals surface area (Å²) in [6.07, 6.45) is -1.31. The number of fused-ring (bicyclic) bond motifs is 1. The summed E-state index contributed by atoms with van der Waals surface area (Å²) in [5, 5.41) is 11.5. The van der Waals surface area contributed by atoms with Gasteiger partial charge in [-0.1, -0.05) is 30.3 Å². The molecule has 1 aliphatic rings. The number of benzene rings is 2. The Morgan fingerprint density at radius 1 is 1.06 bits per heavy atom. The highest BCUT2D eigenvalue weighted by atomic mass is 16.5. The molecule has 4 rings (SSSR count). The van der Waals surface area contributed by atoms with Crippen molar-refractivity contribution in [2.45, 2.75) is 52.9 Å². The van der Waals surface area contributed by atoms with Crippen molar-refractivity contribution < 1.29 is 19.4 Å². The third-order valence-electron chi connectivity index (χ3n) is 6.76. The summed E-state index contributed by atoms with van der Waals surface area (Å²) in [6.45, 7) is 13.4. The lowest BCUT2D eigenvalue weighted by Crippen LogP contribution is -2.35. The summed E-state index contributed by atoms with van der Waals surface area (Å²) < 4.78 is 12.9. The Kier molecular flexibility index (Phi) is 7.36. The Balaban J connectivity index is 1.98. The molecule has 1 aromatic heterocycles. The van der Waals surface area contributed by atoms with Gasteiger partial charge in [0.25, 0.3) is 5.56 Å². The molecule has 0 spiro atoms. The Hall–Kier alpha value is -3.00. The molecule has 2 aromatic carbocycles. The van der Waals surface area contributed by atoms with E-state index >= 15 is 0 Å². The van der Waals surface area contributed by atoms with E-state index in [0.717, 1.165) is 47.3 Å². The number of aryl methyl sites for hydroxylation is 2. The summed E-state index contributed by atoms with van der Waals surface area (Å²) in [5.41, 5.74) is 4.23. The second-order valence-electron chi connectivity index (χ2n) is 10.6. The van der Waals surface area contributed by atoms with Gasteiger partial charge in [-0.15, -0.1) is 0 Å². The number of aliphatic carboxylic acids is 1. The Morgan fingerprint density at radius 2 is 1.75 bits per heavy atom. The molecule has 1 atom stereocenters. The highest BCUT2D eigenvalue weighted by Gasteiger charge is 2.33. The summed E-state index contributed by atoms with van der Waals surface area (Å²) in [4.78, 5) is 28.5. The van der Waals surface area contributed by atoms with E-state index in [1.54, 1.807) is 7.05 Å². The molecule has 0 aliphatic carbocycles. The molecular weight excluding hydrogens is 456 g/mol. The molecule has 3 aromatic rings. The molecule has 0 bridgehead atoms. The average molecular weight is 493 g/mol. The molecule has 0 saturated carbocycles. The smallest absolute Gasteiger partial charge is 0.339 e. The first-order valence-electron chi connectivity index (χ1n) is 12.4. The third-order valence-corrected chi connectivity index (χ3v) is 6.76. The SMILES string of the molecule is Cc1ccc(-c2c(C(OC(C)(C)C)C(=O)O)n(C)c(=O)c3cc(CN4CCOCC4)ccc23)cc1C. The van der Waals surface area contributed by atoms with Crippen LogP contribution in [-0.2, 0) is 27.9 Å². The fourth-order valence-electron chi connectivity index (χ4n) is 4.78. The summed E-state index contributed by atoms with van der Waals surface area (Å²) in [7, 11) is 1.64. The van der Waals surface area contributed by atoms with Gasteiger partial charge in [-0.2, -0.15) is 0 Å². The summed E-state index contributed by atoms with van der Waals surface area (Å²) >= 11 is 0. The number of hydrogen-bond donors (Lipinski definition) is 1. The molecule has 1 fully saturated rings. The topological polar surface area (TPSA) is 81.0 Å². The Labute approximate surface area is 212 Å². The van der Waals surface area contributed by atoms with Crippen molar-refractivity contribution >= 4 is 16.7 Å². The molecule has 2 heterocycles. The van der Waals surface area contributed by atoms with Crippen LogP contribution in [0.25, 0.3) is 21.9 Å². The minimum atomic E-state index is -1.31. The number of rotatable bonds is 6. The van der Waals surface area contributed by atoms with Gasteiger partial charge in [0.05, 0.1) is 24.5 Å². The van der Waals surface area contributed by atoms with Crippen molar-refractivity contribution in [2.75, 3.05) is 26.3 Å². The highest BCUT2D eigenvalue weighted by Crippen LogP contribution is 2.37. The Morgan fingerprint density at radius 3 is 2.36 bits per heavy atom. The first-order chi connectivity index (χ1) is 17.0. The number of pyridine rings is 1. The molecule has 1 saturated heterocycles. The van der Waals surface area contributed by atoms with Gasteiger partial charge in [0, 0.05) is 37.6 Å². The van der Waals surface area contributed by atoms with E-state index in [-0.39, 0.29) is 5.56 Å². The van der Waals surface area contributed by atoms with Gasteiger partial charge in [-0.3, -0.25) is 9.69 Å². The normalized spacial score (nSPS) is 15.8. The Bertz CT molecular complexity index is 1350. The number of hydrogen-bond acceptors (Lipinski definition) is 5. The van der Waals surface area contributed by atoms with Crippen molar-refractivity contribution in [1.82, 2.24) is 9.47 Å². The van der Waals surface area contributed by atoms with E-state index in [0.29, 0.717) is 29.9 Å². The molecule has 0 radical (unpaired) electrons. The van der Waals surface area contributed by atoms with E-state index in [9.17, 15) is 14.7 Å². The molecule has 1 aliphatic heterocycles. The number of carbonyl (C=O) groups is 1. The van der Waals surface area contributed by atoms with E-state index in [1.807, 2.05) is 65.0 Å². The highest BCUT2D eigenvalue weighted by molar-refractivity contribution is 5.99. The minimum Gasteiger partial charge on any atom is -0.479 e. The molecule has 0 amide bonds. The largest absolute Gasteiger partial charge is 0.479 e. The maximum atomic E-state index is 13.7. The van der Waals surface area contributed by atoms with Crippen LogP contribution < -0.4 is 5.56 Å². The number of carboxylic acid groups (broad SMARTS) is 1. The number of carboxylic acids is 1. The molecule has 7 nitrogen and oxygen atoms in total. The zero-order chi connectivity index (χ0) is 26.2. The predicted molar refractivity (Wildman–Crippen MR) is 141 cm³/mol. The van der Waals surface area contributed by atoms with Gasteiger partial charge >= 0.3 is 5.97 Å². The summed E-state index contributed by atoms with van der Waals surface area (Å²) in [6, 6.07) is 12.0. The standard InChI is InChI=1S/C29H36N2O5/c1-18-7-9-21(15-19(18)2)24-22-10-8-20(17-31-11-13-35-14-12-31)16-23(22)27(32)30(6)25(24)26(28(33)34)36-29(3,4)5/h7-10,15-16,26H,11-14,17H2,1-6H3,(H,33,34). The van der Waals surface area contributed by atoms with Crippen LogP contribution >= 0.6 is 0 Å². The fourth-order valence-corrected chi connectivity index (χ4v) is 4.78. The van der Waals surface area contributed by atoms with Crippen LogP contribution in [0.5, 0.6) is 0 Å². The molecular formula is C29H36N2O5. The van der Waals surface area contributed by atoms with Crippen molar-refractivity contribution in [1.29, 1.82) is 0 Å². The van der Waals surface area contributed by atoms with E-state index in [2.05, 4.69) is 11.0 Å². The van der Waals surface area contributed by atoms with E-state index < -0.39 is 17.7 Å². The number of aromatic nitrogens is 1. The van der Waals surface area contributed by atoms with Crippen LogP contribution in [0.3, 0.4) is 0 Å². The maximum absolute atomic E-state index is 13.7. The minimum absolute atomic E-state index is 0.236. The van der Waals surface area contributed by atoms with Crippen molar-refractivity contribution in [3.05, 3.63) is 69.1 Å². The number of nitrogens with zero attached hydrogens (tertiary/aromatic N) is 2. The molecule has 192 valence electrons. The van der Waals surface area contributed by atoms with Crippen molar-refractivity contribution in [3.8, 4) is 11.1 Å². The number of morpholine rings is 1. The van der Waals surface area contributed by atoms with Gasteiger partial charge in [0.1, 0.15) is 0 Å². The molecule has 1 unspecified atom stereocenters. The van der Waals surface area contributed by atoms with Crippen LogP contribution in [0.15, 0.2) is 41.2 Å². The van der Waals surface area contributed by atoms with Crippen molar-refractivity contribution in [2.24, 2.45) is 7.05 Å². The van der Waals surface area contributed by atoms with Crippen molar-refractivity contribution in [3.63, 3.8) is 0 Å². The van der Waals surface area contributed by atoms with Crippen LogP contribution in [0.4, 0.5) is 0 Å². The van der Waals surface area contributed by atoms with Gasteiger partial charge in [-0.05, 0) is 68.3 Å². The first-order valence-corrected chi connectivity index (χ1v) is 12.4. The van der Waals surface area contributed by atoms with Gasteiger partial charge < -0.3 is 19.1 Å². The first kappa shape index (κ1) is 26.1. The van der Waals surface area contributed by atoms with E-state index in [4.69, 9.17) is 9.47 Å². The quantitative estimate of drug-likeness (QED) is 0.542. The van der Waals surface area contributed by atoms with Gasteiger partial charge in [0.15, 0.2) is 6.10 Å². The molecule has 36 heavy (non-hydrogen) atoms. The van der Waals surface area contributed by atoms with Crippen LogP contribution in [0, 0.1) is 13.8 Å². The van der Waals surface area contributed by atoms with Gasteiger partial charge in [-0.25, -0.2) is 4.79 Å². The monoisotopic (exact) mass is 492 g/mol. The zero-order valence-electron chi connectivity index (χ0n) is 22.1. The van der Waals surface area contributed by atoms with E-state index in [1.165, 1.54) is 4.57 Å². The summed E-state index contributed by atoms with van der Waals surface area (Å²) in [5.74, 6) is -1.13. The average Bonchev–Trinajstić information content (AvgIpc) is 2.82. The van der Waals surface area contributed by atoms with Crippen LogP contribution in [0.2, 0.25) is 0 Å². The van der Waals surface area contributed by atoms with Crippen LogP contribution in [0.1, 0.15) is 49.3 Å². The van der Waals surface area contributed by atoms with Gasteiger partial charge in [0.2, 0.25) is 0 Å². The second-order valence-corrected chi connectivity index (χ2v) is 10.6. The molecule has 7 heteroatoms. The fraction of sp³-hybridized carbons (Fsp3) is 0.448. The van der Waals surface area contributed by atoms with Crippen LogP contribution in [-0.4, -0.2) is 52.4 Å². The predicted octanol–water partition coefficient (Wildman–Crippen LogP) is 4.60. The lowest BCUT2D eigenvalue weighted by atomic mass is 9.91. The third kappa shape index (κ3) is 5.38. The second kappa shape index (κ2) is 10.2. The lowest BCUT2D eigenvalue weighted by Gasteiger charge is -2.29. The maximum Gasteiger partial charge on any atom is 0.339 e. The lowest BCUT2D eigenvalue weighted by molar-refractivity contribution is -0.161. The number of ether oxygens (including phenoxy) is 2. The molecule has 1 N–H and O–H groups in total. The zero-order valence-corrected chi connectivity index (χ0v) is 22.1.